The smallest absolute Gasteiger partial charge is 0.255 e. The maximum atomic E-state index is 13.5. The number of nitrogens with two attached hydrogens (primary N) is 1. The summed E-state index contributed by atoms with van der Waals surface area (Å²) in [5.41, 5.74) is 8.40. The number of ether oxygens (including phenoxy) is 1. The summed E-state index contributed by atoms with van der Waals surface area (Å²) in [4.78, 5) is 26.1. The Morgan fingerprint density at radius 3 is 2.49 bits per heavy atom. The molecule has 0 saturated carbocycles. The molecule has 0 unspecified atom stereocenters. The predicted molar refractivity (Wildman–Crippen MR) is 134 cm³/mol. The second-order valence-electron chi connectivity index (χ2n) is 11.1. The van der Waals surface area contributed by atoms with Gasteiger partial charge in [-0.1, -0.05) is 45.0 Å². The summed E-state index contributed by atoms with van der Waals surface area (Å²) < 4.78 is 19.3. The SMILES string of the molecule is CC(C)(C)c1ccc(CN2CCC3(CC2)CC(=O)NC[C@@H]3c2ccc(F)cc2)c(OCC(N)=O)c1. The highest BCUT2D eigenvalue weighted by atomic mass is 19.1. The van der Waals surface area contributed by atoms with Gasteiger partial charge >= 0.3 is 0 Å². The Balaban J connectivity index is 1.50. The lowest BCUT2D eigenvalue weighted by Gasteiger charge is -2.49. The van der Waals surface area contributed by atoms with Crippen molar-refractivity contribution in [1.82, 2.24) is 10.2 Å². The van der Waals surface area contributed by atoms with Gasteiger partial charge in [-0.2, -0.15) is 0 Å². The predicted octanol–water partition coefficient (Wildman–Crippen LogP) is 3.87. The lowest BCUT2D eigenvalue weighted by Crippen LogP contribution is -2.51. The number of carbonyl (C=O) groups excluding carboxylic acids is 2. The highest BCUT2D eigenvalue weighted by molar-refractivity contribution is 5.78. The molecule has 1 atom stereocenters. The van der Waals surface area contributed by atoms with Crippen LogP contribution in [0, 0.1) is 11.2 Å². The van der Waals surface area contributed by atoms with Crippen LogP contribution in [-0.2, 0) is 21.5 Å². The fraction of sp³-hybridized carbons (Fsp3) is 0.500. The van der Waals surface area contributed by atoms with Crippen LogP contribution in [0.2, 0.25) is 0 Å². The van der Waals surface area contributed by atoms with E-state index in [9.17, 15) is 14.0 Å². The van der Waals surface area contributed by atoms with Crippen molar-refractivity contribution >= 4 is 11.8 Å². The van der Waals surface area contributed by atoms with Gasteiger partial charge in [0, 0.05) is 31.0 Å². The third-order valence-electron chi connectivity index (χ3n) is 7.58. The van der Waals surface area contributed by atoms with E-state index in [4.69, 9.17) is 10.5 Å². The van der Waals surface area contributed by atoms with Gasteiger partial charge < -0.3 is 15.8 Å². The molecule has 2 aliphatic heterocycles. The first-order chi connectivity index (χ1) is 16.6. The third-order valence-corrected chi connectivity index (χ3v) is 7.58. The standard InChI is InChI=1S/C28H36FN3O3/c1-27(2,3)21-7-4-20(24(14-21)35-18-25(30)33)17-32-12-10-28(11-13-32)15-26(34)31-16-23(28)19-5-8-22(29)9-6-19/h4-9,14,23H,10-13,15-18H2,1-3H3,(H2,30,33)(H,31,34)/t23-/m1/s1. The highest BCUT2D eigenvalue weighted by Crippen LogP contribution is 2.49. The van der Waals surface area contributed by atoms with E-state index in [-0.39, 0.29) is 35.1 Å². The molecule has 2 aromatic rings. The Labute approximate surface area is 207 Å². The molecule has 6 nitrogen and oxygen atoms in total. The lowest BCUT2D eigenvalue weighted by molar-refractivity contribution is -0.128. The van der Waals surface area contributed by atoms with Crippen molar-refractivity contribution in [2.24, 2.45) is 11.1 Å². The van der Waals surface area contributed by atoms with Crippen LogP contribution < -0.4 is 15.8 Å². The van der Waals surface area contributed by atoms with Gasteiger partial charge in [-0.15, -0.1) is 0 Å². The minimum Gasteiger partial charge on any atom is -0.483 e. The highest BCUT2D eigenvalue weighted by Gasteiger charge is 2.46. The van der Waals surface area contributed by atoms with Crippen molar-refractivity contribution in [3.05, 3.63) is 65.0 Å². The van der Waals surface area contributed by atoms with Crippen molar-refractivity contribution in [3.8, 4) is 5.75 Å². The molecule has 1 spiro atoms. The Bertz CT molecular complexity index is 1070. The number of piperidine rings is 2. The minimum absolute atomic E-state index is 0.0439. The normalized spacial score (nSPS) is 20.5. The minimum atomic E-state index is -0.501. The van der Waals surface area contributed by atoms with Gasteiger partial charge in [-0.25, -0.2) is 4.39 Å². The number of carbonyl (C=O) groups is 2. The van der Waals surface area contributed by atoms with Crippen LogP contribution in [0.15, 0.2) is 42.5 Å². The molecule has 0 aliphatic carbocycles. The summed E-state index contributed by atoms with van der Waals surface area (Å²) in [5.74, 6) is 0.210. The van der Waals surface area contributed by atoms with Crippen LogP contribution in [0.1, 0.15) is 62.6 Å². The Morgan fingerprint density at radius 2 is 1.86 bits per heavy atom. The second-order valence-corrected chi connectivity index (χ2v) is 11.1. The zero-order valence-electron chi connectivity index (χ0n) is 20.9. The van der Waals surface area contributed by atoms with Crippen LogP contribution in [0.4, 0.5) is 4.39 Å². The van der Waals surface area contributed by atoms with Crippen LogP contribution >= 0.6 is 0 Å². The second kappa shape index (κ2) is 9.97. The van der Waals surface area contributed by atoms with Gasteiger partial charge in [0.15, 0.2) is 6.61 Å². The molecule has 0 aromatic heterocycles. The molecule has 2 aliphatic rings. The maximum absolute atomic E-state index is 13.5. The summed E-state index contributed by atoms with van der Waals surface area (Å²) in [6, 6.07) is 12.9. The van der Waals surface area contributed by atoms with Gasteiger partial charge in [0.2, 0.25) is 5.91 Å². The van der Waals surface area contributed by atoms with Crippen molar-refractivity contribution < 1.29 is 18.7 Å². The van der Waals surface area contributed by atoms with E-state index >= 15 is 0 Å². The molecule has 2 fully saturated rings. The van der Waals surface area contributed by atoms with E-state index in [1.165, 1.54) is 12.1 Å². The number of primary amides is 1. The lowest BCUT2D eigenvalue weighted by atomic mass is 9.62. The van der Waals surface area contributed by atoms with Gasteiger partial charge in [-0.3, -0.25) is 14.5 Å². The number of benzene rings is 2. The molecule has 188 valence electrons. The van der Waals surface area contributed by atoms with Gasteiger partial charge in [0.1, 0.15) is 11.6 Å². The van der Waals surface area contributed by atoms with E-state index < -0.39 is 5.91 Å². The van der Waals surface area contributed by atoms with Crippen LogP contribution in [0.3, 0.4) is 0 Å². The van der Waals surface area contributed by atoms with Crippen molar-refractivity contribution in [1.29, 1.82) is 0 Å². The van der Waals surface area contributed by atoms with E-state index in [0.717, 1.165) is 42.6 Å². The first-order valence-corrected chi connectivity index (χ1v) is 12.3. The summed E-state index contributed by atoms with van der Waals surface area (Å²) in [6.07, 6.45) is 2.27. The first kappa shape index (κ1) is 25.2. The molecule has 0 radical (unpaired) electrons. The van der Waals surface area contributed by atoms with Gasteiger partial charge in [-0.05, 0) is 66.1 Å². The Kier molecular flexibility index (Phi) is 7.17. The van der Waals surface area contributed by atoms with Crippen LogP contribution in [0.25, 0.3) is 0 Å². The Hall–Kier alpha value is -2.93. The van der Waals surface area contributed by atoms with Crippen molar-refractivity contribution in [2.75, 3.05) is 26.2 Å². The van der Waals surface area contributed by atoms with Crippen LogP contribution in [-0.4, -0.2) is 43.0 Å². The number of halogens is 1. The maximum Gasteiger partial charge on any atom is 0.255 e. The van der Waals surface area contributed by atoms with E-state index in [1.807, 2.05) is 18.2 Å². The quantitative estimate of drug-likeness (QED) is 0.656. The number of hydrogen-bond acceptors (Lipinski definition) is 4. The number of hydrogen-bond donors (Lipinski definition) is 2. The van der Waals surface area contributed by atoms with Crippen LogP contribution in [0.5, 0.6) is 5.75 Å². The topological polar surface area (TPSA) is 84.7 Å². The molecular formula is C28H36FN3O3. The molecule has 2 heterocycles. The number of rotatable bonds is 6. The van der Waals surface area contributed by atoms with Crippen molar-refractivity contribution in [2.45, 2.75) is 57.9 Å². The van der Waals surface area contributed by atoms with Crippen molar-refractivity contribution in [3.63, 3.8) is 0 Å². The molecule has 4 rings (SSSR count). The molecule has 35 heavy (non-hydrogen) atoms. The van der Waals surface area contributed by atoms with E-state index in [2.05, 4.69) is 43.1 Å². The number of nitrogens with zero attached hydrogens (tertiary/aromatic N) is 1. The fourth-order valence-corrected chi connectivity index (χ4v) is 5.46. The summed E-state index contributed by atoms with van der Waals surface area (Å²) in [5, 5.41) is 3.02. The molecular weight excluding hydrogens is 445 g/mol. The monoisotopic (exact) mass is 481 g/mol. The average molecular weight is 482 g/mol. The molecule has 3 N–H and O–H groups in total. The zero-order chi connectivity index (χ0) is 25.2. The summed E-state index contributed by atoms with van der Waals surface area (Å²) in [7, 11) is 0. The molecule has 2 aromatic carbocycles. The number of amides is 2. The molecule has 2 saturated heterocycles. The molecule has 0 bridgehead atoms. The van der Waals surface area contributed by atoms with Gasteiger partial charge in [0.05, 0.1) is 0 Å². The summed E-state index contributed by atoms with van der Waals surface area (Å²) >= 11 is 0. The fourth-order valence-electron chi connectivity index (χ4n) is 5.46. The Morgan fingerprint density at radius 1 is 1.17 bits per heavy atom. The molecule has 7 heteroatoms. The average Bonchev–Trinajstić information content (AvgIpc) is 2.80. The number of nitrogens with one attached hydrogen (secondary N) is 1. The zero-order valence-corrected chi connectivity index (χ0v) is 20.9. The first-order valence-electron chi connectivity index (χ1n) is 12.3. The molecule has 2 amide bonds. The largest absolute Gasteiger partial charge is 0.483 e. The third kappa shape index (κ3) is 5.84. The summed E-state index contributed by atoms with van der Waals surface area (Å²) in [6.45, 7) is 9.25. The van der Waals surface area contributed by atoms with Gasteiger partial charge in [0.25, 0.3) is 5.91 Å². The number of likely N-dealkylation sites (tertiary alicyclic amines) is 1. The van der Waals surface area contributed by atoms with E-state index in [1.54, 1.807) is 0 Å². The van der Waals surface area contributed by atoms with E-state index in [0.29, 0.717) is 25.3 Å².